The molecular weight excluding hydrogens is 284 g/mol. The van der Waals surface area contributed by atoms with Crippen LogP contribution in [0.2, 0.25) is 0 Å². The highest BCUT2D eigenvalue weighted by atomic mass is 16.6. The van der Waals surface area contributed by atoms with Crippen LogP contribution in [-0.2, 0) is 0 Å². The molecule has 0 radical (unpaired) electrons. The van der Waals surface area contributed by atoms with Crippen molar-refractivity contribution in [2.45, 2.75) is 0 Å². The zero-order valence-corrected chi connectivity index (χ0v) is 11.7. The van der Waals surface area contributed by atoms with E-state index in [4.69, 9.17) is 9.26 Å². The van der Waals surface area contributed by atoms with E-state index < -0.39 is 4.92 Å². The van der Waals surface area contributed by atoms with E-state index in [1.807, 2.05) is 6.07 Å². The van der Waals surface area contributed by atoms with E-state index in [2.05, 4.69) is 5.16 Å². The Morgan fingerprint density at radius 2 is 1.77 bits per heavy atom. The van der Waals surface area contributed by atoms with Gasteiger partial charge in [0.2, 0.25) is 5.76 Å². The lowest BCUT2D eigenvalue weighted by molar-refractivity contribution is -0.383. The van der Waals surface area contributed by atoms with Crippen molar-refractivity contribution in [1.82, 2.24) is 5.16 Å². The molecule has 0 aliphatic heterocycles. The lowest BCUT2D eigenvalue weighted by Crippen LogP contribution is -1.93. The maximum atomic E-state index is 11.5. The van der Waals surface area contributed by atoms with Crippen LogP contribution in [0.5, 0.6) is 5.75 Å². The van der Waals surface area contributed by atoms with E-state index in [0.717, 1.165) is 0 Å². The van der Waals surface area contributed by atoms with Gasteiger partial charge in [-0.05, 0) is 12.1 Å². The van der Waals surface area contributed by atoms with Crippen molar-refractivity contribution in [1.29, 1.82) is 0 Å². The van der Waals surface area contributed by atoms with E-state index in [0.29, 0.717) is 16.9 Å². The Bertz CT molecular complexity index is 812. The van der Waals surface area contributed by atoms with Gasteiger partial charge < -0.3 is 9.26 Å². The minimum absolute atomic E-state index is 0.131. The Morgan fingerprint density at radius 1 is 1.09 bits per heavy atom. The first-order valence-corrected chi connectivity index (χ1v) is 6.55. The number of hydrogen-bond acceptors (Lipinski definition) is 5. The third-order valence-electron chi connectivity index (χ3n) is 3.25. The Hall–Kier alpha value is -3.15. The van der Waals surface area contributed by atoms with Crippen molar-refractivity contribution in [3.05, 3.63) is 64.7 Å². The molecule has 110 valence electrons. The predicted molar refractivity (Wildman–Crippen MR) is 80.6 cm³/mol. The summed E-state index contributed by atoms with van der Waals surface area (Å²) >= 11 is 0. The monoisotopic (exact) mass is 296 g/mol. The molecule has 0 atom stereocenters. The van der Waals surface area contributed by atoms with Crippen LogP contribution in [0.1, 0.15) is 0 Å². The molecule has 0 saturated heterocycles. The van der Waals surface area contributed by atoms with E-state index in [1.54, 1.807) is 48.5 Å². The minimum Gasteiger partial charge on any atom is -0.496 e. The minimum atomic E-state index is -0.486. The van der Waals surface area contributed by atoms with Crippen LogP contribution in [-0.4, -0.2) is 17.2 Å². The molecular formula is C16H12N2O4. The van der Waals surface area contributed by atoms with Crippen LogP contribution in [0.15, 0.2) is 59.1 Å². The molecule has 3 aromatic rings. The Labute approximate surface area is 126 Å². The highest BCUT2D eigenvalue weighted by Crippen LogP contribution is 2.41. The van der Waals surface area contributed by atoms with Gasteiger partial charge in [-0.3, -0.25) is 10.1 Å². The SMILES string of the molecule is COc1ccccc1-c1noc(-c2ccccc2)c1[N+](=O)[O-]. The Kier molecular flexibility index (Phi) is 3.57. The number of para-hydroxylation sites is 1. The second-order valence-electron chi connectivity index (χ2n) is 4.53. The van der Waals surface area contributed by atoms with Crippen LogP contribution >= 0.6 is 0 Å². The smallest absolute Gasteiger partial charge is 0.344 e. The van der Waals surface area contributed by atoms with Gasteiger partial charge in [-0.1, -0.05) is 47.6 Å². The summed E-state index contributed by atoms with van der Waals surface area (Å²) in [6.07, 6.45) is 0. The van der Waals surface area contributed by atoms with Gasteiger partial charge in [0.05, 0.1) is 17.6 Å². The number of rotatable bonds is 4. The van der Waals surface area contributed by atoms with Gasteiger partial charge in [0.25, 0.3) is 0 Å². The molecule has 0 spiro atoms. The van der Waals surface area contributed by atoms with Crippen molar-refractivity contribution in [2.75, 3.05) is 7.11 Å². The lowest BCUT2D eigenvalue weighted by atomic mass is 10.1. The van der Waals surface area contributed by atoms with Crippen LogP contribution in [0.25, 0.3) is 22.6 Å². The molecule has 0 fully saturated rings. The standard InChI is InChI=1S/C16H12N2O4/c1-21-13-10-6-5-9-12(13)14-15(18(19)20)16(22-17-14)11-7-3-2-4-8-11/h2-10H,1H3. The largest absolute Gasteiger partial charge is 0.496 e. The predicted octanol–water partition coefficient (Wildman–Crippen LogP) is 3.93. The van der Waals surface area contributed by atoms with Gasteiger partial charge in [-0.25, -0.2) is 0 Å². The zero-order chi connectivity index (χ0) is 15.5. The third kappa shape index (κ3) is 2.31. The van der Waals surface area contributed by atoms with Crippen molar-refractivity contribution < 1.29 is 14.2 Å². The number of methoxy groups -OCH3 is 1. The first kappa shape index (κ1) is 13.8. The van der Waals surface area contributed by atoms with E-state index in [-0.39, 0.29) is 17.1 Å². The molecule has 22 heavy (non-hydrogen) atoms. The van der Waals surface area contributed by atoms with Crippen LogP contribution in [0, 0.1) is 10.1 Å². The van der Waals surface area contributed by atoms with Gasteiger partial charge in [-0.2, -0.15) is 0 Å². The molecule has 0 aliphatic carbocycles. The molecule has 0 bridgehead atoms. The van der Waals surface area contributed by atoms with Crippen molar-refractivity contribution in [3.63, 3.8) is 0 Å². The molecule has 6 heteroatoms. The Morgan fingerprint density at radius 3 is 2.45 bits per heavy atom. The molecule has 1 heterocycles. The van der Waals surface area contributed by atoms with Crippen LogP contribution in [0.4, 0.5) is 5.69 Å². The molecule has 0 unspecified atom stereocenters. The molecule has 0 aliphatic rings. The van der Waals surface area contributed by atoms with Crippen LogP contribution in [0.3, 0.4) is 0 Å². The summed E-state index contributed by atoms with van der Waals surface area (Å²) in [5.74, 6) is 0.630. The quantitative estimate of drug-likeness (QED) is 0.538. The molecule has 0 saturated carbocycles. The summed E-state index contributed by atoms with van der Waals surface area (Å²) in [4.78, 5) is 11.0. The molecule has 0 N–H and O–H groups in total. The maximum absolute atomic E-state index is 11.5. The summed E-state index contributed by atoms with van der Waals surface area (Å²) in [6.45, 7) is 0. The maximum Gasteiger partial charge on any atom is 0.344 e. The number of nitro groups is 1. The number of ether oxygens (including phenoxy) is 1. The van der Waals surface area contributed by atoms with Gasteiger partial charge >= 0.3 is 5.69 Å². The molecule has 1 aromatic heterocycles. The van der Waals surface area contributed by atoms with Gasteiger partial charge in [0, 0.05) is 5.56 Å². The van der Waals surface area contributed by atoms with Gasteiger partial charge in [0.15, 0.2) is 5.69 Å². The summed E-state index contributed by atoms with van der Waals surface area (Å²) in [5, 5.41) is 15.4. The lowest BCUT2D eigenvalue weighted by Gasteiger charge is -2.04. The first-order chi connectivity index (χ1) is 10.7. The van der Waals surface area contributed by atoms with Crippen molar-refractivity contribution >= 4 is 5.69 Å². The van der Waals surface area contributed by atoms with Gasteiger partial charge in [-0.15, -0.1) is 0 Å². The number of aromatic nitrogens is 1. The summed E-state index contributed by atoms with van der Waals surface area (Å²) < 4.78 is 10.5. The van der Waals surface area contributed by atoms with Crippen LogP contribution < -0.4 is 4.74 Å². The Balaban J connectivity index is 2.22. The van der Waals surface area contributed by atoms with E-state index in [9.17, 15) is 10.1 Å². The number of benzene rings is 2. The number of hydrogen-bond donors (Lipinski definition) is 0. The van der Waals surface area contributed by atoms with Gasteiger partial charge in [0.1, 0.15) is 5.75 Å². The van der Waals surface area contributed by atoms with E-state index in [1.165, 1.54) is 7.11 Å². The average molecular weight is 296 g/mol. The average Bonchev–Trinajstić information content (AvgIpc) is 3.00. The molecule has 2 aromatic carbocycles. The second-order valence-corrected chi connectivity index (χ2v) is 4.53. The van der Waals surface area contributed by atoms with E-state index >= 15 is 0 Å². The zero-order valence-electron chi connectivity index (χ0n) is 11.7. The highest BCUT2D eigenvalue weighted by Gasteiger charge is 2.30. The second kappa shape index (κ2) is 5.69. The molecule has 0 amide bonds. The normalized spacial score (nSPS) is 10.4. The van der Waals surface area contributed by atoms with Crippen molar-refractivity contribution in [3.8, 4) is 28.3 Å². The number of nitrogens with zero attached hydrogens (tertiary/aromatic N) is 2. The first-order valence-electron chi connectivity index (χ1n) is 6.55. The molecule has 6 nitrogen and oxygen atoms in total. The summed E-state index contributed by atoms with van der Waals surface area (Å²) in [6, 6.07) is 15.8. The molecule has 3 rings (SSSR count). The fourth-order valence-electron chi connectivity index (χ4n) is 2.25. The third-order valence-corrected chi connectivity index (χ3v) is 3.25. The fourth-order valence-corrected chi connectivity index (χ4v) is 2.25. The highest BCUT2D eigenvalue weighted by molar-refractivity contribution is 5.82. The summed E-state index contributed by atoms with van der Waals surface area (Å²) in [7, 11) is 1.50. The summed E-state index contributed by atoms with van der Waals surface area (Å²) in [5.41, 5.74) is 1.10. The van der Waals surface area contributed by atoms with Crippen molar-refractivity contribution in [2.24, 2.45) is 0 Å². The fraction of sp³-hybridized carbons (Fsp3) is 0.0625. The topological polar surface area (TPSA) is 78.4 Å².